The highest BCUT2D eigenvalue weighted by atomic mass is 16.5. The predicted octanol–water partition coefficient (Wildman–Crippen LogP) is 2.78. The van der Waals surface area contributed by atoms with E-state index in [1.54, 1.807) is 14.0 Å². The molecule has 1 aromatic carbocycles. The Bertz CT molecular complexity index is 394. The van der Waals surface area contributed by atoms with Crippen LogP contribution < -0.4 is 4.74 Å². The number of fused-ring (bicyclic) bond motifs is 1. The first-order chi connectivity index (χ1) is 7.24. The average Bonchev–Trinajstić information content (AvgIpc) is 2.27. The number of benzene rings is 1. The van der Waals surface area contributed by atoms with E-state index in [1.165, 1.54) is 24.0 Å². The summed E-state index contributed by atoms with van der Waals surface area (Å²) in [6, 6.07) is 3.97. The zero-order chi connectivity index (χ0) is 10.8. The molecule has 0 bridgehead atoms. The van der Waals surface area contributed by atoms with E-state index < -0.39 is 0 Å². The van der Waals surface area contributed by atoms with E-state index in [2.05, 4.69) is 6.07 Å². The second-order valence-electron chi connectivity index (χ2n) is 4.05. The summed E-state index contributed by atoms with van der Waals surface area (Å²) in [6.45, 7) is 1.59. The van der Waals surface area contributed by atoms with Gasteiger partial charge in [-0.3, -0.25) is 4.79 Å². The van der Waals surface area contributed by atoms with Crippen molar-refractivity contribution in [2.45, 2.75) is 32.6 Å². The van der Waals surface area contributed by atoms with Crippen molar-refractivity contribution >= 4 is 5.78 Å². The van der Waals surface area contributed by atoms with Crippen LogP contribution in [0.2, 0.25) is 0 Å². The normalized spacial score (nSPS) is 14.5. The molecule has 0 fully saturated rings. The maximum atomic E-state index is 11.4. The Morgan fingerprint density at radius 1 is 1.27 bits per heavy atom. The number of ether oxygens (including phenoxy) is 1. The van der Waals surface area contributed by atoms with E-state index >= 15 is 0 Å². The van der Waals surface area contributed by atoms with Crippen LogP contribution in [0.1, 0.15) is 41.3 Å². The molecule has 0 unspecified atom stereocenters. The lowest BCUT2D eigenvalue weighted by atomic mass is 9.88. The number of aryl methyl sites for hydroxylation is 1. The van der Waals surface area contributed by atoms with E-state index in [0.717, 1.165) is 24.2 Å². The third-order valence-electron chi connectivity index (χ3n) is 3.06. The van der Waals surface area contributed by atoms with Gasteiger partial charge >= 0.3 is 0 Å². The van der Waals surface area contributed by atoms with Gasteiger partial charge in [0.05, 0.1) is 12.7 Å². The number of carbonyl (C=O) groups is 1. The van der Waals surface area contributed by atoms with E-state index in [1.807, 2.05) is 6.07 Å². The second kappa shape index (κ2) is 4.05. The zero-order valence-electron chi connectivity index (χ0n) is 9.30. The summed E-state index contributed by atoms with van der Waals surface area (Å²) in [4.78, 5) is 11.4. The van der Waals surface area contributed by atoms with Crippen LogP contribution in [0.3, 0.4) is 0 Å². The molecular weight excluding hydrogens is 188 g/mol. The van der Waals surface area contributed by atoms with E-state index in [4.69, 9.17) is 4.74 Å². The Balaban J connectivity index is 2.56. The van der Waals surface area contributed by atoms with Crippen molar-refractivity contribution in [3.8, 4) is 5.75 Å². The molecule has 0 radical (unpaired) electrons. The van der Waals surface area contributed by atoms with Crippen molar-refractivity contribution in [1.29, 1.82) is 0 Å². The first-order valence-corrected chi connectivity index (χ1v) is 5.43. The summed E-state index contributed by atoms with van der Waals surface area (Å²) in [5.74, 6) is 0.889. The molecular formula is C13H16O2. The standard InChI is InChI=1S/C13H16O2/c1-9(14)11-8-7-10-5-3-4-6-12(10)13(11)15-2/h7-8H,3-6H2,1-2H3. The van der Waals surface area contributed by atoms with Gasteiger partial charge in [-0.1, -0.05) is 6.07 Å². The minimum Gasteiger partial charge on any atom is -0.496 e. The first kappa shape index (κ1) is 10.2. The Labute approximate surface area is 90.3 Å². The van der Waals surface area contributed by atoms with Gasteiger partial charge in [0, 0.05) is 0 Å². The summed E-state index contributed by atoms with van der Waals surface area (Å²) < 4.78 is 5.38. The number of hydrogen-bond donors (Lipinski definition) is 0. The molecule has 0 aliphatic heterocycles. The lowest BCUT2D eigenvalue weighted by Gasteiger charge is -2.20. The van der Waals surface area contributed by atoms with Gasteiger partial charge in [-0.2, -0.15) is 0 Å². The average molecular weight is 204 g/mol. The van der Waals surface area contributed by atoms with Crippen LogP contribution in [-0.2, 0) is 12.8 Å². The highest BCUT2D eigenvalue weighted by molar-refractivity contribution is 5.97. The first-order valence-electron chi connectivity index (χ1n) is 5.43. The number of ketones is 1. The van der Waals surface area contributed by atoms with Crippen LogP contribution in [0.15, 0.2) is 12.1 Å². The van der Waals surface area contributed by atoms with Crippen LogP contribution in [0, 0.1) is 0 Å². The molecule has 0 N–H and O–H groups in total. The van der Waals surface area contributed by atoms with Crippen LogP contribution in [-0.4, -0.2) is 12.9 Å². The minimum absolute atomic E-state index is 0.0835. The summed E-state index contributed by atoms with van der Waals surface area (Å²) in [5, 5.41) is 0. The van der Waals surface area contributed by atoms with Crippen molar-refractivity contribution in [2.75, 3.05) is 7.11 Å². The Morgan fingerprint density at radius 3 is 2.67 bits per heavy atom. The van der Waals surface area contributed by atoms with Crippen LogP contribution >= 0.6 is 0 Å². The summed E-state index contributed by atoms with van der Waals surface area (Å²) in [5.41, 5.74) is 3.32. The molecule has 0 atom stereocenters. The Morgan fingerprint density at radius 2 is 2.00 bits per heavy atom. The topological polar surface area (TPSA) is 26.3 Å². The molecule has 2 nitrogen and oxygen atoms in total. The van der Waals surface area contributed by atoms with Gasteiger partial charge in [-0.05, 0) is 49.8 Å². The van der Waals surface area contributed by atoms with Gasteiger partial charge in [0.15, 0.2) is 5.78 Å². The molecule has 1 aliphatic carbocycles. The molecule has 2 heteroatoms. The fourth-order valence-corrected chi connectivity index (χ4v) is 2.30. The van der Waals surface area contributed by atoms with Gasteiger partial charge in [0.25, 0.3) is 0 Å². The maximum Gasteiger partial charge on any atom is 0.163 e. The molecule has 15 heavy (non-hydrogen) atoms. The largest absolute Gasteiger partial charge is 0.496 e. The molecule has 0 aromatic heterocycles. The fourth-order valence-electron chi connectivity index (χ4n) is 2.30. The lowest BCUT2D eigenvalue weighted by molar-refractivity contribution is 0.101. The van der Waals surface area contributed by atoms with Crippen molar-refractivity contribution in [3.05, 3.63) is 28.8 Å². The molecule has 0 spiro atoms. The predicted molar refractivity (Wildman–Crippen MR) is 59.6 cm³/mol. The fraction of sp³-hybridized carbons (Fsp3) is 0.462. The van der Waals surface area contributed by atoms with Gasteiger partial charge in [-0.25, -0.2) is 0 Å². The summed E-state index contributed by atoms with van der Waals surface area (Å²) >= 11 is 0. The van der Waals surface area contributed by atoms with Crippen LogP contribution in [0.4, 0.5) is 0 Å². The number of methoxy groups -OCH3 is 1. The smallest absolute Gasteiger partial charge is 0.163 e. The number of hydrogen-bond acceptors (Lipinski definition) is 2. The number of Topliss-reactive ketones (excluding diaryl/α,β-unsaturated/α-hetero) is 1. The highest BCUT2D eigenvalue weighted by Gasteiger charge is 2.18. The molecule has 0 saturated carbocycles. The van der Waals surface area contributed by atoms with Crippen molar-refractivity contribution in [3.63, 3.8) is 0 Å². The molecule has 1 aromatic rings. The molecule has 0 heterocycles. The minimum atomic E-state index is 0.0835. The molecule has 0 saturated heterocycles. The van der Waals surface area contributed by atoms with Gasteiger partial charge in [-0.15, -0.1) is 0 Å². The van der Waals surface area contributed by atoms with Crippen molar-refractivity contribution in [1.82, 2.24) is 0 Å². The Hall–Kier alpha value is -1.31. The Kier molecular flexibility index (Phi) is 2.76. The highest BCUT2D eigenvalue weighted by Crippen LogP contribution is 2.32. The third-order valence-corrected chi connectivity index (χ3v) is 3.06. The monoisotopic (exact) mass is 204 g/mol. The van der Waals surface area contributed by atoms with Gasteiger partial charge in [0.1, 0.15) is 5.75 Å². The van der Waals surface area contributed by atoms with E-state index in [9.17, 15) is 4.79 Å². The molecule has 0 amide bonds. The van der Waals surface area contributed by atoms with E-state index in [0.29, 0.717) is 0 Å². The second-order valence-corrected chi connectivity index (χ2v) is 4.05. The number of carbonyl (C=O) groups excluding carboxylic acids is 1. The molecule has 80 valence electrons. The van der Waals surface area contributed by atoms with Crippen LogP contribution in [0.5, 0.6) is 5.75 Å². The lowest BCUT2D eigenvalue weighted by Crippen LogP contribution is -2.08. The SMILES string of the molecule is COc1c(C(C)=O)ccc2c1CCCC2. The van der Waals surface area contributed by atoms with Gasteiger partial charge < -0.3 is 4.74 Å². The van der Waals surface area contributed by atoms with Gasteiger partial charge in [0.2, 0.25) is 0 Å². The number of rotatable bonds is 2. The van der Waals surface area contributed by atoms with Crippen LogP contribution in [0.25, 0.3) is 0 Å². The summed E-state index contributed by atoms with van der Waals surface area (Å²) in [6.07, 6.45) is 4.60. The third kappa shape index (κ3) is 1.76. The molecule has 1 aliphatic rings. The molecule has 2 rings (SSSR count). The van der Waals surface area contributed by atoms with Crippen molar-refractivity contribution < 1.29 is 9.53 Å². The van der Waals surface area contributed by atoms with Crippen molar-refractivity contribution in [2.24, 2.45) is 0 Å². The maximum absolute atomic E-state index is 11.4. The quantitative estimate of drug-likeness (QED) is 0.692. The van der Waals surface area contributed by atoms with E-state index in [-0.39, 0.29) is 5.78 Å². The summed E-state index contributed by atoms with van der Waals surface area (Å²) in [7, 11) is 1.65. The zero-order valence-corrected chi connectivity index (χ0v) is 9.30.